The van der Waals surface area contributed by atoms with Crippen molar-refractivity contribution in [1.82, 2.24) is 14.5 Å². The molecule has 0 N–H and O–H groups in total. The van der Waals surface area contributed by atoms with Crippen molar-refractivity contribution in [2.24, 2.45) is 0 Å². The highest BCUT2D eigenvalue weighted by atomic mass is 32.1. The first-order chi connectivity index (χ1) is 31.2. The van der Waals surface area contributed by atoms with Crippen molar-refractivity contribution in [3.8, 4) is 61.5 Å². The Hall–Kier alpha value is -8.12. The number of thiophene rings is 1. The maximum atomic E-state index is 6.64. The number of rotatable bonds is 6. The van der Waals surface area contributed by atoms with Crippen LogP contribution >= 0.6 is 11.3 Å². The van der Waals surface area contributed by atoms with E-state index in [1.54, 1.807) is 6.33 Å². The molecule has 0 atom stereocenters. The molecule has 4 nitrogen and oxygen atoms in total. The fourth-order valence-electron chi connectivity index (χ4n) is 9.58. The zero-order valence-corrected chi connectivity index (χ0v) is 34.7. The van der Waals surface area contributed by atoms with Gasteiger partial charge in [0.15, 0.2) is 5.58 Å². The highest BCUT2D eigenvalue weighted by Crippen LogP contribution is 2.46. The molecule has 294 valence electrons. The topological polar surface area (TPSA) is 43.9 Å². The Morgan fingerprint density at radius 2 is 1.02 bits per heavy atom. The summed E-state index contributed by atoms with van der Waals surface area (Å²) in [4.78, 5) is 9.72. The van der Waals surface area contributed by atoms with Crippen LogP contribution < -0.4 is 0 Å². The van der Waals surface area contributed by atoms with Crippen LogP contribution in [0.15, 0.2) is 217 Å². The smallest absolute Gasteiger partial charge is 0.180 e. The van der Waals surface area contributed by atoms with E-state index in [0.29, 0.717) is 5.58 Å². The van der Waals surface area contributed by atoms with Crippen LogP contribution in [0.1, 0.15) is 0 Å². The largest absolute Gasteiger partial charge is 0.452 e. The molecule has 4 aromatic heterocycles. The summed E-state index contributed by atoms with van der Waals surface area (Å²) in [6.45, 7) is 0. The minimum Gasteiger partial charge on any atom is -0.452 e. The lowest BCUT2D eigenvalue weighted by atomic mass is 9.96. The Kier molecular flexibility index (Phi) is 8.05. The quantitative estimate of drug-likeness (QED) is 0.168. The summed E-state index contributed by atoms with van der Waals surface area (Å²) in [6, 6.07) is 74.0. The second kappa shape index (κ2) is 14.2. The van der Waals surface area contributed by atoms with Crippen molar-refractivity contribution >= 4 is 75.4 Å². The molecule has 5 heteroatoms. The first-order valence-electron chi connectivity index (χ1n) is 21.2. The van der Waals surface area contributed by atoms with Crippen LogP contribution in [0, 0.1) is 0 Å². The molecule has 0 amide bonds. The van der Waals surface area contributed by atoms with Crippen molar-refractivity contribution in [3.05, 3.63) is 213 Å². The number of aromatic nitrogens is 3. The second-order valence-corrected chi connectivity index (χ2v) is 17.2. The van der Waals surface area contributed by atoms with Gasteiger partial charge in [-0.05, 0) is 99.1 Å². The molecule has 0 fully saturated rings. The number of furan rings is 1. The lowest BCUT2D eigenvalue weighted by Crippen LogP contribution is -1.92. The van der Waals surface area contributed by atoms with E-state index in [2.05, 4.69) is 205 Å². The molecule has 0 saturated carbocycles. The van der Waals surface area contributed by atoms with Gasteiger partial charge in [0.25, 0.3) is 0 Å². The van der Waals surface area contributed by atoms with Gasteiger partial charge in [0.05, 0.1) is 11.0 Å². The van der Waals surface area contributed by atoms with E-state index in [-0.39, 0.29) is 0 Å². The van der Waals surface area contributed by atoms with E-state index in [4.69, 9.17) is 14.4 Å². The van der Waals surface area contributed by atoms with Crippen LogP contribution in [0.3, 0.4) is 0 Å². The number of para-hydroxylation sites is 2. The predicted molar refractivity (Wildman–Crippen MR) is 264 cm³/mol. The van der Waals surface area contributed by atoms with E-state index >= 15 is 0 Å². The zero-order valence-electron chi connectivity index (χ0n) is 33.9. The first kappa shape index (κ1) is 35.6. The summed E-state index contributed by atoms with van der Waals surface area (Å²) in [5.41, 5.74) is 17.1. The van der Waals surface area contributed by atoms with Gasteiger partial charge in [0.2, 0.25) is 0 Å². The molecule has 9 aromatic carbocycles. The number of nitrogens with zero attached hydrogens (tertiary/aromatic N) is 3. The minimum atomic E-state index is 0.698. The summed E-state index contributed by atoms with van der Waals surface area (Å²) in [5, 5.41) is 5.85. The van der Waals surface area contributed by atoms with Gasteiger partial charge in [-0.2, -0.15) is 0 Å². The van der Waals surface area contributed by atoms with Gasteiger partial charge in [0, 0.05) is 47.6 Å². The predicted octanol–water partition coefficient (Wildman–Crippen LogP) is 16.2. The van der Waals surface area contributed by atoms with Gasteiger partial charge in [-0.3, -0.25) is 0 Å². The van der Waals surface area contributed by atoms with E-state index in [1.807, 2.05) is 17.4 Å². The summed E-state index contributed by atoms with van der Waals surface area (Å²) < 4.78 is 11.5. The third kappa shape index (κ3) is 5.74. The monoisotopic (exact) mass is 821 g/mol. The molecule has 0 aliphatic carbocycles. The first-order valence-corrected chi connectivity index (χ1v) is 22.0. The lowest BCUT2D eigenvalue weighted by molar-refractivity contribution is 0.667. The number of hydrogen-bond donors (Lipinski definition) is 0. The van der Waals surface area contributed by atoms with Gasteiger partial charge in [-0.1, -0.05) is 152 Å². The Balaban J connectivity index is 0.895. The van der Waals surface area contributed by atoms with Crippen LogP contribution in [0.5, 0.6) is 0 Å². The molecule has 13 rings (SSSR count). The molecular formula is C58H35N3OS. The minimum absolute atomic E-state index is 0.698. The molecule has 0 unspecified atom stereocenters. The maximum absolute atomic E-state index is 6.64. The van der Waals surface area contributed by atoms with Crippen LogP contribution in [-0.2, 0) is 0 Å². The maximum Gasteiger partial charge on any atom is 0.180 e. The molecule has 63 heavy (non-hydrogen) atoms. The van der Waals surface area contributed by atoms with E-state index in [1.165, 1.54) is 75.4 Å². The van der Waals surface area contributed by atoms with Crippen LogP contribution in [0.4, 0.5) is 0 Å². The molecule has 0 aliphatic rings. The average Bonchev–Trinajstić information content (AvgIpc) is 4.04. The highest BCUT2D eigenvalue weighted by Gasteiger charge is 2.21. The SMILES string of the molecule is c1ccc(-c2ccc(-c3ccc4oc5c(-c6cccc7sc8c(-c9cccc(-c%10ccc%11c(c%10)c%10ccccc%10n%11-c%10ccccc%10)c9)cccc8c67)ncnc5c4c3)cc2)cc1. The summed E-state index contributed by atoms with van der Waals surface area (Å²) >= 11 is 1.83. The van der Waals surface area contributed by atoms with Gasteiger partial charge in [0.1, 0.15) is 23.1 Å². The normalized spacial score (nSPS) is 11.8. The van der Waals surface area contributed by atoms with Crippen LogP contribution in [0.25, 0.3) is 125 Å². The molecule has 0 bridgehead atoms. The van der Waals surface area contributed by atoms with Crippen molar-refractivity contribution in [2.45, 2.75) is 0 Å². The number of fused-ring (bicyclic) bond motifs is 9. The molecular weight excluding hydrogens is 787 g/mol. The van der Waals surface area contributed by atoms with Gasteiger partial charge in [-0.15, -0.1) is 11.3 Å². The van der Waals surface area contributed by atoms with Crippen molar-refractivity contribution in [1.29, 1.82) is 0 Å². The van der Waals surface area contributed by atoms with Gasteiger partial charge < -0.3 is 8.98 Å². The molecule has 13 aromatic rings. The Bertz CT molecular complexity index is 3900. The molecule has 0 spiro atoms. The number of hydrogen-bond acceptors (Lipinski definition) is 4. The summed E-state index contributed by atoms with van der Waals surface area (Å²) in [7, 11) is 0. The zero-order chi connectivity index (χ0) is 41.4. The molecule has 4 heterocycles. The van der Waals surface area contributed by atoms with Gasteiger partial charge in [-0.25, -0.2) is 9.97 Å². The average molecular weight is 822 g/mol. The lowest BCUT2D eigenvalue weighted by Gasteiger charge is -2.09. The third-order valence-corrected chi connectivity index (χ3v) is 13.8. The van der Waals surface area contributed by atoms with E-state index in [0.717, 1.165) is 44.6 Å². The van der Waals surface area contributed by atoms with E-state index < -0.39 is 0 Å². The Labute approximate surface area is 366 Å². The van der Waals surface area contributed by atoms with Crippen LogP contribution in [-0.4, -0.2) is 14.5 Å². The van der Waals surface area contributed by atoms with Crippen molar-refractivity contribution in [2.75, 3.05) is 0 Å². The number of benzene rings is 9. The summed E-state index contributed by atoms with van der Waals surface area (Å²) in [5.74, 6) is 0. The van der Waals surface area contributed by atoms with Crippen molar-refractivity contribution < 1.29 is 4.42 Å². The molecule has 0 saturated heterocycles. The second-order valence-electron chi connectivity index (χ2n) is 16.1. The third-order valence-electron chi connectivity index (χ3n) is 12.5. The van der Waals surface area contributed by atoms with E-state index in [9.17, 15) is 0 Å². The fourth-order valence-corrected chi connectivity index (χ4v) is 10.8. The standard InChI is InChI=1S/C58H35N3OS/c1-3-12-36(13-4-1)37-24-26-38(27-25-37)40-29-31-52-49(34-40)56-57(62-52)55(59-35-60-56)46-20-11-23-53-54(46)47-21-10-19-44(58(47)63-53)42-15-9-14-39(32-42)41-28-30-51-48(33-41)45-18-7-8-22-50(45)61(51)43-16-5-2-6-17-43/h1-35H. The summed E-state index contributed by atoms with van der Waals surface area (Å²) in [6.07, 6.45) is 1.68. The molecule has 0 aliphatic heterocycles. The Morgan fingerprint density at radius 3 is 1.89 bits per heavy atom. The highest BCUT2D eigenvalue weighted by molar-refractivity contribution is 7.26. The van der Waals surface area contributed by atoms with Gasteiger partial charge >= 0.3 is 0 Å². The fraction of sp³-hybridized carbons (Fsp3) is 0. The molecule has 0 radical (unpaired) electrons. The van der Waals surface area contributed by atoms with Crippen LogP contribution in [0.2, 0.25) is 0 Å². The Morgan fingerprint density at radius 1 is 0.413 bits per heavy atom. The van der Waals surface area contributed by atoms with Crippen molar-refractivity contribution in [3.63, 3.8) is 0 Å².